The number of alkyl halides is 3. The lowest BCUT2D eigenvalue weighted by Gasteiger charge is -2.33. The molecule has 1 aliphatic rings. The van der Waals surface area contributed by atoms with Gasteiger partial charge in [0.1, 0.15) is 0 Å². The van der Waals surface area contributed by atoms with Crippen molar-refractivity contribution in [2.75, 3.05) is 6.54 Å². The Kier molecular flexibility index (Phi) is 5.26. The van der Waals surface area contributed by atoms with Crippen LogP contribution < -0.4 is 0 Å². The van der Waals surface area contributed by atoms with Crippen molar-refractivity contribution in [2.45, 2.75) is 32.5 Å². The summed E-state index contributed by atoms with van der Waals surface area (Å²) in [6, 6.07) is 4.98. The van der Waals surface area contributed by atoms with Gasteiger partial charge in [0.2, 0.25) is 0 Å². The van der Waals surface area contributed by atoms with Crippen molar-refractivity contribution >= 4 is 5.91 Å². The van der Waals surface area contributed by atoms with Crippen molar-refractivity contribution in [3.63, 3.8) is 0 Å². The summed E-state index contributed by atoms with van der Waals surface area (Å²) >= 11 is 0. The lowest BCUT2D eigenvalue weighted by molar-refractivity contribution is -0.143. The third-order valence-electron chi connectivity index (χ3n) is 6.32. The molecule has 3 aromatic heterocycles. The first-order chi connectivity index (χ1) is 16.6. The molecule has 0 saturated heterocycles. The number of carbonyl (C=O) groups excluding carboxylic acids is 1. The highest BCUT2D eigenvalue weighted by molar-refractivity contribution is 5.95. The maximum absolute atomic E-state index is 13.7. The minimum Gasteiger partial charge on any atom is -0.330 e. The summed E-state index contributed by atoms with van der Waals surface area (Å²) in [7, 11) is 2.89. The SMILES string of the molecule is Cc1cc(C(=O)N2CCc3c(nn(C)c3-c3cnn(C)c3C(F)(F)F)[C@@H]2C)cc(-n2nccn2)c1. The first kappa shape index (κ1) is 22.8. The van der Waals surface area contributed by atoms with Crippen molar-refractivity contribution in [3.8, 4) is 16.9 Å². The molecule has 182 valence electrons. The monoisotopic (exact) mass is 484 g/mol. The number of amides is 1. The van der Waals surface area contributed by atoms with Gasteiger partial charge in [-0.15, -0.1) is 0 Å². The molecule has 4 heterocycles. The third-order valence-corrected chi connectivity index (χ3v) is 6.32. The van der Waals surface area contributed by atoms with Crippen molar-refractivity contribution in [1.82, 2.24) is 39.5 Å². The van der Waals surface area contributed by atoms with Crippen LogP contribution in [0.3, 0.4) is 0 Å². The molecule has 1 atom stereocenters. The Bertz CT molecular complexity index is 1420. The van der Waals surface area contributed by atoms with E-state index in [1.54, 1.807) is 36.5 Å². The van der Waals surface area contributed by atoms with Crippen LogP contribution in [0, 0.1) is 6.92 Å². The van der Waals surface area contributed by atoms with E-state index in [1.165, 1.54) is 22.7 Å². The smallest absolute Gasteiger partial charge is 0.330 e. The van der Waals surface area contributed by atoms with Gasteiger partial charge in [-0.25, -0.2) is 0 Å². The standard InChI is InChI=1S/C23H23F3N8O/c1-13-9-15(11-16(10-13)34-27-6-7-28-34)22(35)33-8-5-17-19(14(33)2)30-31(3)20(17)18-12-29-32(4)21(18)23(24,25)26/h6-7,9-12,14H,5,8H2,1-4H3/t14-/m0/s1. The van der Waals surface area contributed by atoms with Gasteiger partial charge in [-0.3, -0.25) is 14.2 Å². The molecule has 0 spiro atoms. The van der Waals surface area contributed by atoms with E-state index in [9.17, 15) is 18.0 Å². The van der Waals surface area contributed by atoms with Crippen LogP contribution in [0.25, 0.3) is 16.9 Å². The molecule has 0 saturated carbocycles. The third kappa shape index (κ3) is 3.78. The first-order valence-electron chi connectivity index (χ1n) is 11.0. The van der Waals surface area contributed by atoms with Crippen molar-refractivity contribution in [3.05, 3.63) is 64.9 Å². The van der Waals surface area contributed by atoms with Crippen LogP contribution in [-0.2, 0) is 26.7 Å². The van der Waals surface area contributed by atoms with E-state index in [2.05, 4.69) is 20.4 Å². The molecule has 1 amide bonds. The summed E-state index contributed by atoms with van der Waals surface area (Å²) in [4.78, 5) is 16.7. The number of hydrogen-bond donors (Lipinski definition) is 0. The predicted molar refractivity (Wildman–Crippen MR) is 120 cm³/mol. The number of halogens is 3. The fraction of sp³-hybridized carbons (Fsp3) is 0.348. The number of rotatable bonds is 3. The number of nitrogens with zero attached hydrogens (tertiary/aromatic N) is 8. The fourth-order valence-corrected chi connectivity index (χ4v) is 4.82. The van der Waals surface area contributed by atoms with Crippen LogP contribution in [0.4, 0.5) is 13.2 Å². The van der Waals surface area contributed by atoms with Crippen molar-refractivity contribution in [2.24, 2.45) is 14.1 Å². The number of fused-ring (bicyclic) bond motifs is 1. The molecule has 0 fully saturated rings. The summed E-state index contributed by atoms with van der Waals surface area (Å²) in [5, 5.41) is 16.7. The summed E-state index contributed by atoms with van der Waals surface area (Å²) in [6.07, 6.45) is 0.152. The summed E-state index contributed by atoms with van der Waals surface area (Å²) < 4.78 is 43.5. The fourth-order valence-electron chi connectivity index (χ4n) is 4.82. The molecule has 5 rings (SSSR count). The topological polar surface area (TPSA) is 86.7 Å². The molecule has 0 unspecified atom stereocenters. The van der Waals surface area contributed by atoms with Gasteiger partial charge in [-0.05, 0) is 44.0 Å². The zero-order valence-electron chi connectivity index (χ0n) is 19.6. The molecule has 0 radical (unpaired) electrons. The molecular formula is C23H23F3N8O. The summed E-state index contributed by atoms with van der Waals surface area (Å²) in [6.45, 7) is 4.07. The molecular weight excluding hydrogens is 461 g/mol. The molecule has 0 bridgehead atoms. The average molecular weight is 484 g/mol. The molecule has 0 aliphatic carbocycles. The van der Waals surface area contributed by atoms with Gasteiger partial charge in [0.25, 0.3) is 5.91 Å². The maximum atomic E-state index is 13.7. The molecule has 9 nitrogen and oxygen atoms in total. The van der Waals surface area contributed by atoms with Crippen molar-refractivity contribution < 1.29 is 18.0 Å². The average Bonchev–Trinajstić information content (AvgIpc) is 3.51. The normalized spacial score (nSPS) is 16.0. The Morgan fingerprint density at radius 3 is 2.46 bits per heavy atom. The number of hydrogen-bond acceptors (Lipinski definition) is 5. The lowest BCUT2D eigenvalue weighted by Crippen LogP contribution is -2.39. The highest BCUT2D eigenvalue weighted by Crippen LogP contribution is 2.41. The van der Waals surface area contributed by atoms with Crippen LogP contribution >= 0.6 is 0 Å². The Morgan fingerprint density at radius 1 is 1.06 bits per heavy atom. The van der Waals surface area contributed by atoms with Gasteiger partial charge in [-0.2, -0.15) is 38.4 Å². The quantitative estimate of drug-likeness (QED) is 0.444. The van der Waals surface area contributed by atoms with Gasteiger partial charge >= 0.3 is 6.18 Å². The van der Waals surface area contributed by atoms with E-state index in [1.807, 2.05) is 19.9 Å². The van der Waals surface area contributed by atoms with E-state index in [4.69, 9.17) is 0 Å². The summed E-state index contributed by atoms with van der Waals surface area (Å²) in [5.41, 5.74) is 2.85. The molecule has 12 heteroatoms. The molecule has 4 aromatic rings. The summed E-state index contributed by atoms with van der Waals surface area (Å²) in [5.74, 6) is -0.190. The van der Waals surface area contributed by atoms with Crippen molar-refractivity contribution in [1.29, 1.82) is 0 Å². The second-order valence-corrected chi connectivity index (χ2v) is 8.66. The predicted octanol–water partition coefficient (Wildman–Crippen LogP) is 3.49. The second kappa shape index (κ2) is 8.07. The Morgan fingerprint density at radius 2 is 1.77 bits per heavy atom. The number of aromatic nitrogens is 7. The van der Waals surface area contributed by atoms with Gasteiger partial charge in [0.05, 0.1) is 47.3 Å². The highest BCUT2D eigenvalue weighted by Gasteiger charge is 2.41. The van der Waals surface area contributed by atoms with Crippen LogP contribution in [-0.4, -0.2) is 51.9 Å². The molecule has 1 aromatic carbocycles. The van der Waals surface area contributed by atoms with E-state index in [0.29, 0.717) is 41.2 Å². The molecule has 1 aliphatic heterocycles. The minimum atomic E-state index is -4.56. The Balaban J connectivity index is 1.51. The van der Waals surface area contributed by atoms with Crippen LogP contribution in [0.15, 0.2) is 36.8 Å². The van der Waals surface area contributed by atoms with Crippen LogP contribution in [0.1, 0.15) is 45.8 Å². The van der Waals surface area contributed by atoms with Gasteiger partial charge in [0, 0.05) is 31.8 Å². The number of carbonyl (C=O) groups is 1. The van der Waals surface area contributed by atoms with Gasteiger partial charge in [0.15, 0.2) is 5.69 Å². The van der Waals surface area contributed by atoms with Crippen LogP contribution in [0.5, 0.6) is 0 Å². The number of benzene rings is 1. The molecule has 35 heavy (non-hydrogen) atoms. The lowest BCUT2D eigenvalue weighted by atomic mass is 9.95. The molecule has 0 N–H and O–H groups in total. The zero-order chi connectivity index (χ0) is 25.1. The van der Waals surface area contributed by atoms with Crippen LogP contribution in [0.2, 0.25) is 0 Å². The number of aryl methyl sites for hydroxylation is 3. The van der Waals surface area contributed by atoms with E-state index in [-0.39, 0.29) is 11.5 Å². The maximum Gasteiger partial charge on any atom is 0.433 e. The second-order valence-electron chi connectivity index (χ2n) is 8.66. The largest absolute Gasteiger partial charge is 0.433 e. The van der Waals surface area contributed by atoms with Gasteiger partial charge < -0.3 is 4.90 Å². The first-order valence-corrected chi connectivity index (χ1v) is 11.0. The zero-order valence-corrected chi connectivity index (χ0v) is 19.6. The Hall–Kier alpha value is -3.96. The van der Waals surface area contributed by atoms with E-state index in [0.717, 1.165) is 10.2 Å². The van der Waals surface area contributed by atoms with E-state index < -0.39 is 17.9 Å². The minimum absolute atomic E-state index is 0.0155. The Labute approximate surface area is 198 Å². The van der Waals surface area contributed by atoms with Gasteiger partial charge in [-0.1, -0.05) is 0 Å². The highest BCUT2D eigenvalue weighted by atomic mass is 19.4. The van der Waals surface area contributed by atoms with E-state index >= 15 is 0 Å².